The average Bonchev–Trinajstić information content (AvgIpc) is 2.99. The summed E-state index contributed by atoms with van der Waals surface area (Å²) in [7, 11) is 1.55. The maximum Gasteiger partial charge on any atom is 0.230 e. The largest absolute Gasteiger partial charge is 0.508 e. The molecule has 0 bridgehead atoms. The lowest BCUT2D eigenvalue weighted by Gasteiger charge is -2.08. The number of methoxy groups -OCH3 is 1. The number of hydrogen-bond acceptors (Lipinski definition) is 4. The quantitative estimate of drug-likeness (QED) is 0.462. The van der Waals surface area contributed by atoms with Gasteiger partial charge in [0, 0.05) is 23.6 Å². The highest BCUT2D eigenvalue weighted by molar-refractivity contribution is 6.08. The zero-order valence-corrected chi connectivity index (χ0v) is 13.5. The molecule has 0 fully saturated rings. The molecule has 2 aromatic heterocycles. The smallest absolute Gasteiger partial charge is 0.230 e. The predicted octanol–water partition coefficient (Wildman–Crippen LogP) is 3.02. The first kappa shape index (κ1) is 15.1. The van der Waals surface area contributed by atoms with E-state index < -0.39 is 5.43 Å². The summed E-state index contributed by atoms with van der Waals surface area (Å²) in [5, 5.41) is 20.3. The monoisotopic (exact) mass is 336 g/mol. The summed E-state index contributed by atoms with van der Waals surface area (Å²) in [4.78, 5) is 18.8. The number of benzene rings is 2. The van der Waals surface area contributed by atoms with Gasteiger partial charge in [-0.1, -0.05) is 12.1 Å². The summed E-state index contributed by atoms with van der Waals surface area (Å²) in [5.74, 6) is 0.450. The minimum absolute atomic E-state index is 0.209. The van der Waals surface area contributed by atoms with Crippen LogP contribution in [0.25, 0.3) is 21.8 Å². The molecule has 0 saturated carbocycles. The van der Waals surface area contributed by atoms with Gasteiger partial charge in [-0.05, 0) is 29.8 Å². The third-order valence-corrected chi connectivity index (χ3v) is 4.32. The fourth-order valence-corrected chi connectivity index (χ4v) is 3.09. The Morgan fingerprint density at radius 1 is 1.04 bits per heavy atom. The molecule has 0 saturated heterocycles. The molecule has 4 N–H and O–H groups in total. The van der Waals surface area contributed by atoms with E-state index in [-0.39, 0.29) is 11.5 Å². The van der Waals surface area contributed by atoms with Crippen LogP contribution < -0.4 is 10.2 Å². The van der Waals surface area contributed by atoms with E-state index in [1.807, 2.05) is 12.1 Å². The van der Waals surface area contributed by atoms with E-state index in [2.05, 4.69) is 9.97 Å². The predicted molar refractivity (Wildman–Crippen MR) is 95.6 cm³/mol. The molecule has 4 rings (SSSR count). The topological polar surface area (TPSA) is 98.3 Å². The summed E-state index contributed by atoms with van der Waals surface area (Å²) in [6, 6.07) is 11.8. The van der Waals surface area contributed by atoms with Crippen LogP contribution in [-0.4, -0.2) is 27.3 Å². The first-order valence-corrected chi connectivity index (χ1v) is 7.78. The molecule has 0 radical (unpaired) electrons. The summed E-state index contributed by atoms with van der Waals surface area (Å²) >= 11 is 0. The van der Waals surface area contributed by atoms with E-state index in [0.29, 0.717) is 28.6 Å². The molecule has 4 aromatic rings. The van der Waals surface area contributed by atoms with Crippen LogP contribution >= 0.6 is 0 Å². The van der Waals surface area contributed by atoms with E-state index in [1.54, 1.807) is 31.4 Å². The van der Waals surface area contributed by atoms with E-state index >= 15 is 0 Å². The number of hydrogen-bond donors (Lipinski definition) is 4. The fourth-order valence-electron chi connectivity index (χ4n) is 3.09. The molecular formula is C19H16N2O4. The SMILES string of the molecule is COc1cc2c([nH]c3ccc(O)c(=O)c32)c(Cc2ccc(O)cc2)[nH]1. The van der Waals surface area contributed by atoms with Gasteiger partial charge in [0.2, 0.25) is 5.43 Å². The zero-order chi connectivity index (χ0) is 17.6. The van der Waals surface area contributed by atoms with Crippen molar-refractivity contribution in [3.63, 3.8) is 0 Å². The molecule has 0 atom stereocenters. The third-order valence-electron chi connectivity index (χ3n) is 4.32. The van der Waals surface area contributed by atoms with Crippen LogP contribution in [0, 0.1) is 0 Å². The Hall–Kier alpha value is -3.41. The molecule has 25 heavy (non-hydrogen) atoms. The van der Waals surface area contributed by atoms with Gasteiger partial charge in [0.25, 0.3) is 0 Å². The first-order valence-electron chi connectivity index (χ1n) is 7.78. The molecular weight excluding hydrogens is 320 g/mol. The van der Waals surface area contributed by atoms with Gasteiger partial charge < -0.3 is 24.9 Å². The van der Waals surface area contributed by atoms with Crippen molar-refractivity contribution in [2.75, 3.05) is 7.11 Å². The summed E-state index contributed by atoms with van der Waals surface area (Å²) in [6.07, 6.45) is 0.557. The highest BCUT2D eigenvalue weighted by Gasteiger charge is 2.15. The molecule has 0 spiro atoms. The van der Waals surface area contributed by atoms with E-state index in [0.717, 1.165) is 16.8 Å². The van der Waals surface area contributed by atoms with Crippen LogP contribution in [0.4, 0.5) is 0 Å². The Bertz CT molecular complexity index is 1140. The number of rotatable bonds is 3. The van der Waals surface area contributed by atoms with Crippen molar-refractivity contribution in [2.24, 2.45) is 0 Å². The highest BCUT2D eigenvalue weighted by atomic mass is 16.5. The molecule has 0 unspecified atom stereocenters. The Labute approximate surface area is 142 Å². The normalized spacial score (nSPS) is 11.2. The Morgan fingerprint density at radius 2 is 1.80 bits per heavy atom. The van der Waals surface area contributed by atoms with Crippen molar-refractivity contribution in [1.82, 2.24) is 9.97 Å². The first-order chi connectivity index (χ1) is 12.1. The number of H-pyrrole nitrogens is 2. The number of aromatic amines is 2. The molecule has 0 aliphatic rings. The lowest BCUT2D eigenvalue weighted by molar-refractivity contribution is 0.397. The minimum atomic E-state index is -0.410. The van der Waals surface area contributed by atoms with Crippen LogP contribution in [0.2, 0.25) is 0 Å². The van der Waals surface area contributed by atoms with Gasteiger partial charge in [0.05, 0.1) is 23.5 Å². The van der Waals surface area contributed by atoms with Gasteiger partial charge in [-0.15, -0.1) is 0 Å². The van der Waals surface area contributed by atoms with Crippen LogP contribution in [-0.2, 0) is 6.42 Å². The Kier molecular flexibility index (Phi) is 3.39. The van der Waals surface area contributed by atoms with Crippen LogP contribution in [0.1, 0.15) is 11.3 Å². The molecule has 6 nitrogen and oxygen atoms in total. The molecule has 0 aliphatic carbocycles. The van der Waals surface area contributed by atoms with Crippen molar-refractivity contribution >= 4 is 21.8 Å². The van der Waals surface area contributed by atoms with Gasteiger partial charge in [-0.3, -0.25) is 4.79 Å². The van der Waals surface area contributed by atoms with Crippen molar-refractivity contribution in [3.05, 3.63) is 63.9 Å². The Morgan fingerprint density at radius 3 is 2.52 bits per heavy atom. The highest BCUT2D eigenvalue weighted by Crippen LogP contribution is 2.30. The molecule has 6 heteroatoms. The maximum atomic E-state index is 12.4. The van der Waals surface area contributed by atoms with Crippen molar-refractivity contribution in [2.45, 2.75) is 6.42 Å². The number of aromatic nitrogens is 2. The Balaban J connectivity index is 1.98. The second-order valence-corrected chi connectivity index (χ2v) is 5.91. The summed E-state index contributed by atoms with van der Waals surface area (Å²) in [5.41, 5.74) is 2.87. The number of phenols is 2. The van der Waals surface area contributed by atoms with Gasteiger partial charge >= 0.3 is 0 Å². The minimum Gasteiger partial charge on any atom is -0.508 e. The van der Waals surface area contributed by atoms with Gasteiger partial charge in [0.1, 0.15) is 5.75 Å². The summed E-state index contributed by atoms with van der Waals surface area (Å²) < 4.78 is 5.33. The lowest BCUT2D eigenvalue weighted by atomic mass is 10.1. The number of pyridine rings is 1. The molecule has 0 aliphatic heterocycles. The number of nitrogens with one attached hydrogen (secondary N) is 2. The number of ether oxygens (including phenoxy) is 1. The van der Waals surface area contributed by atoms with E-state index in [1.165, 1.54) is 6.07 Å². The van der Waals surface area contributed by atoms with Crippen LogP contribution in [0.3, 0.4) is 0 Å². The number of aromatic hydroxyl groups is 2. The lowest BCUT2D eigenvalue weighted by Crippen LogP contribution is -2.00. The molecule has 2 aromatic carbocycles. The van der Waals surface area contributed by atoms with Gasteiger partial charge in [-0.2, -0.15) is 0 Å². The van der Waals surface area contributed by atoms with Gasteiger partial charge in [0.15, 0.2) is 11.6 Å². The van der Waals surface area contributed by atoms with Crippen LogP contribution in [0.5, 0.6) is 17.4 Å². The standard InChI is InChI=1S/C19H16N2O4/c1-25-16-9-12-17-13(6-7-15(23)19(17)24)21-18(12)14(20-16)8-10-2-4-11(22)5-3-10/h2-7,9,20-23H,8H2,1H3. The third kappa shape index (κ3) is 2.48. The zero-order valence-electron chi connectivity index (χ0n) is 13.5. The number of phenolic OH excluding ortho intramolecular Hbond substituents is 2. The molecule has 2 heterocycles. The molecule has 126 valence electrons. The summed E-state index contributed by atoms with van der Waals surface area (Å²) in [6.45, 7) is 0. The van der Waals surface area contributed by atoms with Crippen LogP contribution in [0.15, 0.2) is 47.3 Å². The maximum absolute atomic E-state index is 12.4. The van der Waals surface area contributed by atoms with Crippen molar-refractivity contribution in [3.8, 4) is 17.4 Å². The van der Waals surface area contributed by atoms with E-state index in [9.17, 15) is 15.0 Å². The number of fused-ring (bicyclic) bond motifs is 3. The second-order valence-electron chi connectivity index (χ2n) is 5.91. The van der Waals surface area contributed by atoms with Crippen molar-refractivity contribution in [1.29, 1.82) is 0 Å². The van der Waals surface area contributed by atoms with Crippen molar-refractivity contribution < 1.29 is 14.9 Å². The fraction of sp³-hybridized carbons (Fsp3) is 0.105. The molecule has 0 amide bonds. The average molecular weight is 336 g/mol. The second kappa shape index (κ2) is 5.59. The van der Waals surface area contributed by atoms with E-state index in [4.69, 9.17) is 4.74 Å². The van der Waals surface area contributed by atoms with Gasteiger partial charge in [-0.25, -0.2) is 0 Å².